The highest BCUT2D eigenvalue weighted by atomic mass is 16.3. The summed E-state index contributed by atoms with van der Waals surface area (Å²) in [5.74, 6) is 1.15. The quantitative estimate of drug-likeness (QED) is 0.835. The molecule has 3 heteroatoms. The van der Waals surface area contributed by atoms with E-state index in [4.69, 9.17) is 4.42 Å². The normalized spacial score (nSPS) is 11.9. The monoisotopic (exact) mass is 287 g/mol. The van der Waals surface area contributed by atoms with Crippen LogP contribution in [-0.4, -0.2) is 17.9 Å². The molecule has 0 aliphatic heterocycles. The molecule has 0 aliphatic carbocycles. The third-order valence-corrected chi connectivity index (χ3v) is 3.61. The van der Waals surface area contributed by atoms with E-state index < -0.39 is 0 Å². The second kappa shape index (κ2) is 5.92. The first kappa shape index (κ1) is 15.6. The summed E-state index contributed by atoms with van der Waals surface area (Å²) in [6, 6.07) is 8.03. The van der Waals surface area contributed by atoms with Gasteiger partial charge in [-0.2, -0.15) is 0 Å². The number of rotatable bonds is 4. The maximum Gasteiger partial charge on any atom is 0.223 e. The Kier molecular flexibility index (Phi) is 4.40. The molecule has 0 spiro atoms. The molecule has 0 radical (unpaired) electrons. The van der Waals surface area contributed by atoms with Crippen molar-refractivity contribution in [1.82, 2.24) is 4.90 Å². The summed E-state index contributed by atoms with van der Waals surface area (Å²) in [7, 11) is 1.87. The second-order valence-electron chi connectivity index (χ2n) is 6.84. The molecule has 0 saturated carbocycles. The van der Waals surface area contributed by atoms with Crippen LogP contribution in [0.2, 0.25) is 0 Å². The number of benzene rings is 1. The van der Waals surface area contributed by atoms with E-state index in [2.05, 4.69) is 33.8 Å². The molecule has 1 heterocycles. The summed E-state index contributed by atoms with van der Waals surface area (Å²) in [4.78, 5) is 14.1. The fourth-order valence-corrected chi connectivity index (χ4v) is 2.52. The molecule has 1 aromatic carbocycles. The summed E-state index contributed by atoms with van der Waals surface area (Å²) >= 11 is 0. The number of hydrogen-bond donors (Lipinski definition) is 0. The third kappa shape index (κ3) is 3.66. The van der Waals surface area contributed by atoms with Crippen molar-refractivity contribution in [3.05, 3.63) is 35.6 Å². The zero-order valence-corrected chi connectivity index (χ0v) is 13.7. The lowest BCUT2D eigenvalue weighted by molar-refractivity contribution is -0.132. The number of carbonyl (C=O) groups excluding carboxylic acids is 1. The molecule has 0 unspecified atom stereocenters. The number of carbonyl (C=O) groups is 1. The van der Waals surface area contributed by atoms with Crippen LogP contribution in [0.25, 0.3) is 11.0 Å². The van der Waals surface area contributed by atoms with Gasteiger partial charge in [0.05, 0.1) is 0 Å². The summed E-state index contributed by atoms with van der Waals surface area (Å²) in [6.45, 7) is 8.95. The number of fused-ring (bicyclic) bond motifs is 1. The van der Waals surface area contributed by atoms with Gasteiger partial charge in [0.2, 0.25) is 5.91 Å². The Morgan fingerprint density at radius 2 is 1.90 bits per heavy atom. The van der Waals surface area contributed by atoms with E-state index in [0.717, 1.165) is 28.7 Å². The molecule has 2 aromatic rings. The maximum absolute atomic E-state index is 12.3. The predicted octanol–water partition coefficient (Wildman–Crippen LogP) is 4.39. The first-order valence-corrected chi connectivity index (χ1v) is 7.55. The standard InChI is InChI=1S/C18H25NO2/c1-6-15-14(13-9-7-8-10-16(13)21-15)12-19(5)17(20)11-18(2,3)4/h7-10H,6,11-12H2,1-5H3. The molecule has 0 bridgehead atoms. The number of nitrogens with zero attached hydrogens (tertiary/aromatic N) is 1. The van der Waals surface area contributed by atoms with Crippen LogP contribution in [0.15, 0.2) is 28.7 Å². The van der Waals surface area contributed by atoms with Crippen LogP contribution in [-0.2, 0) is 17.8 Å². The Morgan fingerprint density at radius 3 is 2.52 bits per heavy atom. The van der Waals surface area contributed by atoms with Crippen LogP contribution in [0, 0.1) is 5.41 Å². The SMILES string of the molecule is CCc1oc2ccccc2c1CN(C)C(=O)CC(C)(C)C. The van der Waals surface area contributed by atoms with Gasteiger partial charge in [0.1, 0.15) is 11.3 Å². The van der Waals surface area contributed by atoms with Crippen LogP contribution in [0.1, 0.15) is 45.4 Å². The first-order chi connectivity index (χ1) is 9.81. The number of furan rings is 1. The van der Waals surface area contributed by atoms with Crippen molar-refractivity contribution in [3.63, 3.8) is 0 Å². The van der Waals surface area contributed by atoms with Gasteiger partial charge in [-0.25, -0.2) is 0 Å². The van der Waals surface area contributed by atoms with Gasteiger partial charge in [-0.05, 0) is 11.5 Å². The molecular formula is C18H25NO2. The molecule has 114 valence electrons. The molecule has 2 rings (SSSR count). The van der Waals surface area contributed by atoms with Crippen molar-refractivity contribution in [2.45, 2.75) is 47.1 Å². The molecule has 1 amide bonds. The highest BCUT2D eigenvalue weighted by molar-refractivity contribution is 5.83. The number of para-hydroxylation sites is 1. The molecule has 1 aromatic heterocycles. The summed E-state index contributed by atoms with van der Waals surface area (Å²) in [5.41, 5.74) is 2.05. The van der Waals surface area contributed by atoms with Crippen molar-refractivity contribution >= 4 is 16.9 Å². The van der Waals surface area contributed by atoms with Crippen LogP contribution >= 0.6 is 0 Å². The van der Waals surface area contributed by atoms with Crippen molar-refractivity contribution in [2.24, 2.45) is 5.41 Å². The maximum atomic E-state index is 12.3. The number of amides is 1. The van der Waals surface area contributed by atoms with Crippen molar-refractivity contribution in [2.75, 3.05) is 7.05 Å². The number of aryl methyl sites for hydroxylation is 1. The second-order valence-corrected chi connectivity index (χ2v) is 6.84. The Hall–Kier alpha value is -1.77. The summed E-state index contributed by atoms with van der Waals surface area (Å²) < 4.78 is 5.89. The van der Waals surface area contributed by atoms with Crippen molar-refractivity contribution in [1.29, 1.82) is 0 Å². The van der Waals surface area contributed by atoms with Crippen molar-refractivity contribution < 1.29 is 9.21 Å². The van der Waals surface area contributed by atoms with E-state index in [1.165, 1.54) is 0 Å². The van der Waals surface area contributed by atoms with Gasteiger partial charge in [-0.1, -0.05) is 45.9 Å². The zero-order chi connectivity index (χ0) is 15.6. The van der Waals surface area contributed by atoms with E-state index in [-0.39, 0.29) is 11.3 Å². The van der Waals surface area contributed by atoms with Crippen LogP contribution in [0.3, 0.4) is 0 Å². The van der Waals surface area contributed by atoms with Gasteiger partial charge in [-0.15, -0.1) is 0 Å². The highest BCUT2D eigenvalue weighted by Gasteiger charge is 2.21. The van der Waals surface area contributed by atoms with Gasteiger partial charge in [0.15, 0.2) is 0 Å². The smallest absolute Gasteiger partial charge is 0.223 e. The lowest BCUT2D eigenvalue weighted by Gasteiger charge is -2.23. The van der Waals surface area contributed by atoms with Gasteiger partial charge in [0, 0.05) is 37.4 Å². The largest absolute Gasteiger partial charge is 0.461 e. The van der Waals surface area contributed by atoms with Gasteiger partial charge >= 0.3 is 0 Å². The molecular weight excluding hydrogens is 262 g/mol. The first-order valence-electron chi connectivity index (χ1n) is 7.55. The van der Waals surface area contributed by atoms with E-state index in [1.807, 2.05) is 30.1 Å². The molecule has 0 aliphatic rings. The molecule has 21 heavy (non-hydrogen) atoms. The van der Waals surface area contributed by atoms with Crippen LogP contribution in [0.5, 0.6) is 0 Å². The predicted molar refractivity (Wildman–Crippen MR) is 86.1 cm³/mol. The number of hydrogen-bond acceptors (Lipinski definition) is 2. The third-order valence-electron chi connectivity index (χ3n) is 3.61. The summed E-state index contributed by atoms with van der Waals surface area (Å²) in [6.07, 6.45) is 1.39. The Balaban J connectivity index is 2.24. The minimum atomic E-state index is 0.0113. The Morgan fingerprint density at radius 1 is 1.24 bits per heavy atom. The van der Waals surface area contributed by atoms with E-state index in [1.54, 1.807) is 0 Å². The molecule has 0 fully saturated rings. The average molecular weight is 287 g/mol. The van der Waals surface area contributed by atoms with Gasteiger partial charge < -0.3 is 9.32 Å². The molecule has 3 nitrogen and oxygen atoms in total. The van der Waals surface area contributed by atoms with E-state index >= 15 is 0 Å². The highest BCUT2D eigenvalue weighted by Crippen LogP contribution is 2.28. The molecule has 0 N–H and O–H groups in total. The van der Waals surface area contributed by atoms with E-state index in [9.17, 15) is 4.79 Å². The Labute approximate surface area is 126 Å². The lowest BCUT2D eigenvalue weighted by atomic mass is 9.91. The van der Waals surface area contributed by atoms with Crippen LogP contribution in [0.4, 0.5) is 0 Å². The zero-order valence-electron chi connectivity index (χ0n) is 13.7. The fourth-order valence-electron chi connectivity index (χ4n) is 2.52. The van der Waals surface area contributed by atoms with Crippen LogP contribution < -0.4 is 0 Å². The summed E-state index contributed by atoms with van der Waals surface area (Å²) in [5, 5.41) is 1.12. The van der Waals surface area contributed by atoms with Gasteiger partial charge in [-0.3, -0.25) is 4.79 Å². The minimum absolute atomic E-state index is 0.0113. The molecule has 0 atom stereocenters. The topological polar surface area (TPSA) is 33.5 Å². The lowest BCUT2D eigenvalue weighted by Crippen LogP contribution is -2.29. The van der Waals surface area contributed by atoms with Gasteiger partial charge in [0.25, 0.3) is 0 Å². The van der Waals surface area contributed by atoms with E-state index in [0.29, 0.717) is 13.0 Å². The average Bonchev–Trinajstić information content (AvgIpc) is 2.75. The Bertz CT molecular complexity index is 634. The molecule has 0 saturated heterocycles. The minimum Gasteiger partial charge on any atom is -0.461 e. The van der Waals surface area contributed by atoms with Crippen molar-refractivity contribution in [3.8, 4) is 0 Å². The fraction of sp³-hybridized carbons (Fsp3) is 0.500.